The Morgan fingerprint density at radius 3 is 2.85 bits per heavy atom. The summed E-state index contributed by atoms with van der Waals surface area (Å²) in [6, 6.07) is 1.81. The third kappa shape index (κ3) is 3.41. The Labute approximate surface area is 131 Å². The third-order valence-electron chi connectivity index (χ3n) is 3.01. The second-order valence-corrected chi connectivity index (χ2v) is 6.63. The van der Waals surface area contributed by atoms with Crippen LogP contribution >= 0.6 is 27.3 Å². The van der Waals surface area contributed by atoms with E-state index < -0.39 is 0 Å². The number of ether oxygens (including phenoxy) is 1. The summed E-state index contributed by atoms with van der Waals surface area (Å²) >= 11 is 5.09. The predicted molar refractivity (Wildman–Crippen MR) is 85.4 cm³/mol. The number of halogens is 1. The molecular formula is C13H19BrN4OS. The number of methoxy groups -OCH3 is 1. The van der Waals surface area contributed by atoms with Crippen molar-refractivity contribution in [3.63, 3.8) is 0 Å². The lowest BCUT2D eigenvalue weighted by Crippen LogP contribution is -2.23. The third-order valence-corrected chi connectivity index (χ3v) is 4.79. The van der Waals surface area contributed by atoms with Crippen molar-refractivity contribution < 1.29 is 4.74 Å². The van der Waals surface area contributed by atoms with Crippen LogP contribution in [-0.4, -0.2) is 42.4 Å². The topological polar surface area (TPSA) is 56.3 Å². The summed E-state index contributed by atoms with van der Waals surface area (Å²) in [7, 11) is 5.72. The molecule has 2 N–H and O–H groups in total. The Balaban J connectivity index is 2.30. The van der Waals surface area contributed by atoms with Gasteiger partial charge in [-0.1, -0.05) is 0 Å². The van der Waals surface area contributed by atoms with E-state index in [4.69, 9.17) is 10.5 Å². The van der Waals surface area contributed by atoms with E-state index in [1.165, 1.54) is 0 Å². The van der Waals surface area contributed by atoms with Crippen molar-refractivity contribution in [1.82, 2.24) is 14.7 Å². The van der Waals surface area contributed by atoms with Crippen LogP contribution in [0.2, 0.25) is 0 Å². The standard InChI is InChI=1S/C13H19BrN4OS/c1-17(2)4-5-18-13(10(19-3)7-16-18)12(15)11-6-9(14)8-20-11/h6-8,12H,4-5,15H2,1-3H3. The van der Waals surface area contributed by atoms with Crippen LogP contribution in [0.4, 0.5) is 0 Å². The highest BCUT2D eigenvalue weighted by molar-refractivity contribution is 9.10. The molecule has 0 amide bonds. The van der Waals surface area contributed by atoms with Gasteiger partial charge in [-0.2, -0.15) is 5.10 Å². The quantitative estimate of drug-likeness (QED) is 0.860. The van der Waals surface area contributed by atoms with Gasteiger partial charge in [0.2, 0.25) is 0 Å². The molecule has 5 nitrogen and oxygen atoms in total. The van der Waals surface area contributed by atoms with Crippen LogP contribution < -0.4 is 10.5 Å². The van der Waals surface area contributed by atoms with E-state index in [1.54, 1.807) is 24.6 Å². The molecule has 20 heavy (non-hydrogen) atoms. The zero-order valence-corrected chi connectivity index (χ0v) is 14.2. The van der Waals surface area contributed by atoms with Gasteiger partial charge >= 0.3 is 0 Å². The van der Waals surface area contributed by atoms with Crippen molar-refractivity contribution in [3.8, 4) is 5.75 Å². The maximum absolute atomic E-state index is 6.39. The highest BCUT2D eigenvalue weighted by Gasteiger charge is 2.21. The summed E-state index contributed by atoms with van der Waals surface area (Å²) < 4.78 is 8.37. The molecule has 1 unspecified atom stereocenters. The monoisotopic (exact) mass is 358 g/mol. The minimum atomic E-state index is -0.231. The first-order valence-electron chi connectivity index (χ1n) is 6.27. The average Bonchev–Trinajstić information content (AvgIpc) is 3.01. The van der Waals surface area contributed by atoms with Gasteiger partial charge in [0.15, 0.2) is 5.75 Å². The Morgan fingerprint density at radius 1 is 1.55 bits per heavy atom. The highest BCUT2D eigenvalue weighted by Crippen LogP contribution is 2.32. The maximum Gasteiger partial charge on any atom is 0.161 e. The Kier molecular flexibility index (Phi) is 5.20. The molecule has 0 radical (unpaired) electrons. The van der Waals surface area contributed by atoms with Crippen molar-refractivity contribution >= 4 is 27.3 Å². The lowest BCUT2D eigenvalue weighted by atomic mass is 10.1. The molecule has 0 aliphatic carbocycles. The Morgan fingerprint density at radius 2 is 2.30 bits per heavy atom. The normalized spacial score (nSPS) is 12.9. The van der Waals surface area contributed by atoms with Gasteiger partial charge in [0.1, 0.15) is 5.69 Å². The van der Waals surface area contributed by atoms with Crippen LogP contribution in [0.3, 0.4) is 0 Å². The number of aromatic nitrogens is 2. The van der Waals surface area contributed by atoms with Crippen molar-refractivity contribution in [2.75, 3.05) is 27.7 Å². The number of rotatable bonds is 6. The highest BCUT2D eigenvalue weighted by atomic mass is 79.9. The van der Waals surface area contributed by atoms with Gasteiger partial charge in [0.25, 0.3) is 0 Å². The lowest BCUT2D eigenvalue weighted by Gasteiger charge is -2.16. The van der Waals surface area contributed by atoms with Gasteiger partial charge < -0.3 is 15.4 Å². The molecule has 2 aromatic rings. The number of likely N-dealkylation sites (N-methyl/N-ethyl adjacent to an activating group) is 1. The van der Waals surface area contributed by atoms with Crippen molar-refractivity contribution in [2.45, 2.75) is 12.6 Å². The van der Waals surface area contributed by atoms with Crippen molar-refractivity contribution in [2.24, 2.45) is 5.73 Å². The van der Waals surface area contributed by atoms with Crippen LogP contribution in [-0.2, 0) is 6.54 Å². The van der Waals surface area contributed by atoms with Gasteiger partial charge in [0, 0.05) is 21.3 Å². The van der Waals surface area contributed by atoms with Crippen LogP contribution in [0, 0.1) is 0 Å². The summed E-state index contributed by atoms with van der Waals surface area (Å²) in [4.78, 5) is 3.20. The van der Waals surface area contributed by atoms with E-state index in [0.717, 1.165) is 33.9 Å². The molecule has 0 aliphatic rings. The van der Waals surface area contributed by atoms with Gasteiger partial charge in [-0.3, -0.25) is 4.68 Å². The van der Waals surface area contributed by atoms with Crippen LogP contribution in [0.15, 0.2) is 22.1 Å². The minimum absolute atomic E-state index is 0.231. The molecule has 2 heterocycles. The number of nitrogens with two attached hydrogens (primary N) is 1. The molecule has 0 fully saturated rings. The number of hydrogen-bond donors (Lipinski definition) is 1. The molecule has 1 atom stereocenters. The van der Waals surface area contributed by atoms with E-state index >= 15 is 0 Å². The molecule has 0 aromatic carbocycles. The van der Waals surface area contributed by atoms with Crippen LogP contribution in [0.5, 0.6) is 5.75 Å². The van der Waals surface area contributed by atoms with E-state index in [0.29, 0.717) is 0 Å². The number of hydrogen-bond acceptors (Lipinski definition) is 5. The maximum atomic E-state index is 6.39. The number of nitrogens with zero attached hydrogens (tertiary/aromatic N) is 3. The van der Waals surface area contributed by atoms with E-state index in [9.17, 15) is 0 Å². The molecule has 0 saturated heterocycles. The summed E-state index contributed by atoms with van der Waals surface area (Å²) in [5.41, 5.74) is 7.31. The van der Waals surface area contributed by atoms with E-state index in [-0.39, 0.29) is 6.04 Å². The molecule has 110 valence electrons. The second-order valence-electron chi connectivity index (χ2n) is 4.77. The summed E-state index contributed by atoms with van der Waals surface area (Å²) in [6.45, 7) is 1.69. The van der Waals surface area contributed by atoms with Crippen molar-refractivity contribution in [3.05, 3.63) is 32.7 Å². The average molecular weight is 359 g/mol. The molecular weight excluding hydrogens is 340 g/mol. The first-order chi connectivity index (χ1) is 9.52. The largest absolute Gasteiger partial charge is 0.493 e. The summed E-state index contributed by atoms with van der Waals surface area (Å²) in [5, 5.41) is 6.42. The molecule has 0 spiro atoms. The molecule has 0 saturated carbocycles. The Hall–Kier alpha value is -0.890. The van der Waals surface area contributed by atoms with Gasteiger partial charge in [0.05, 0.1) is 25.9 Å². The zero-order chi connectivity index (χ0) is 14.7. The van der Waals surface area contributed by atoms with E-state index in [1.807, 2.05) is 30.2 Å². The second kappa shape index (κ2) is 6.71. The SMILES string of the molecule is COc1cnn(CCN(C)C)c1C(N)c1cc(Br)cs1. The first kappa shape index (κ1) is 15.5. The fraction of sp³-hybridized carbons (Fsp3) is 0.462. The van der Waals surface area contributed by atoms with Crippen LogP contribution in [0.1, 0.15) is 16.6 Å². The molecule has 2 aromatic heterocycles. The number of thiophene rings is 1. The van der Waals surface area contributed by atoms with Crippen molar-refractivity contribution in [1.29, 1.82) is 0 Å². The minimum Gasteiger partial charge on any atom is -0.493 e. The summed E-state index contributed by atoms with van der Waals surface area (Å²) in [6.07, 6.45) is 1.73. The zero-order valence-electron chi connectivity index (χ0n) is 11.8. The fourth-order valence-electron chi connectivity index (χ4n) is 1.95. The molecule has 7 heteroatoms. The smallest absolute Gasteiger partial charge is 0.161 e. The van der Waals surface area contributed by atoms with Gasteiger partial charge in [-0.15, -0.1) is 11.3 Å². The van der Waals surface area contributed by atoms with Crippen LogP contribution in [0.25, 0.3) is 0 Å². The fourth-order valence-corrected chi connectivity index (χ4v) is 3.40. The molecule has 2 rings (SSSR count). The lowest BCUT2D eigenvalue weighted by molar-refractivity contribution is 0.363. The molecule has 0 aliphatic heterocycles. The Bertz CT molecular complexity index is 566. The summed E-state index contributed by atoms with van der Waals surface area (Å²) in [5.74, 6) is 0.737. The van der Waals surface area contributed by atoms with Gasteiger partial charge in [-0.05, 0) is 36.1 Å². The molecule has 0 bridgehead atoms. The van der Waals surface area contributed by atoms with Gasteiger partial charge in [-0.25, -0.2) is 0 Å². The predicted octanol–water partition coefficient (Wildman–Crippen LogP) is 2.33. The first-order valence-corrected chi connectivity index (χ1v) is 7.94. The van der Waals surface area contributed by atoms with E-state index in [2.05, 4.69) is 25.9 Å².